The molecule has 6 aromatic rings. The molecule has 0 bridgehead atoms. The van der Waals surface area contributed by atoms with Crippen LogP contribution in [0.2, 0.25) is 0 Å². The largest absolute Gasteiger partial charge is 0.488 e. The van der Waals surface area contributed by atoms with Gasteiger partial charge in [-0.1, -0.05) is 127 Å². The number of hydrogen-bond donors (Lipinski definition) is 0. The van der Waals surface area contributed by atoms with Crippen LogP contribution in [0.1, 0.15) is 40.3 Å². The highest BCUT2D eigenvalue weighted by Crippen LogP contribution is 2.41. The van der Waals surface area contributed by atoms with E-state index in [1.807, 2.05) is 53.1 Å². The Balaban J connectivity index is 1.33. The number of fused-ring (bicyclic) bond motifs is 4. The molecule has 0 spiro atoms. The molecule has 2 aliphatic rings. The fourth-order valence-electron chi connectivity index (χ4n) is 6.37. The Morgan fingerprint density at radius 1 is 0.814 bits per heavy atom. The maximum atomic E-state index is 14.4. The molecule has 0 saturated carbocycles. The molecule has 5 heteroatoms. The lowest BCUT2D eigenvalue weighted by Crippen LogP contribution is -2.38. The SMILES string of the molecule is O=c1/c(=C/c2c(OCc3ccccc3)ccc3ccccc23)sc2n1[C@H](c1ccccc1)C1=C(N=2)c2ccccc2CC1. The molecule has 0 radical (unpaired) electrons. The van der Waals surface area contributed by atoms with Crippen LogP contribution >= 0.6 is 11.3 Å². The lowest BCUT2D eigenvalue weighted by atomic mass is 9.83. The zero-order valence-corrected chi connectivity index (χ0v) is 24.3. The van der Waals surface area contributed by atoms with Gasteiger partial charge < -0.3 is 4.74 Å². The van der Waals surface area contributed by atoms with Crippen molar-refractivity contribution in [1.29, 1.82) is 0 Å². The second-order valence-corrected chi connectivity index (χ2v) is 12.0. The first-order valence-corrected chi connectivity index (χ1v) is 15.4. The summed E-state index contributed by atoms with van der Waals surface area (Å²) in [6.07, 6.45) is 3.82. The fourth-order valence-corrected chi connectivity index (χ4v) is 7.36. The van der Waals surface area contributed by atoms with E-state index >= 15 is 0 Å². The number of aryl methyl sites for hydroxylation is 1. The second kappa shape index (κ2) is 10.7. The molecule has 0 N–H and O–H groups in total. The van der Waals surface area contributed by atoms with Crippen LogP contribution < -0.4 is 19.6 Å². The third-order valence-electron chi connectivity index (χ3n) is 8.43. The molecule has 0 saturated heterocycles. The van der Waals surface area contributed by atoms with Gasteiger partial charge in [0.05, 0.1) is 16.3 Å². The summed E-state index contributed by atoms with van der Waals surface area (Å²) in [6, 6.07) is 41.2. The Bertz CT molecular complexity index is 2210. The van der Waals surface area contributed by atoms with Crippen molar-refractivity contribution in [3.63, 3.8) is 0 Å². The molecule has 0 amide bonds. The lowest BCUT2D eigenvalue weighted by Gasteiger charge is -2.30. The van der Waals surface area contributed by atoms with Gasteiger partial charge in [-0.05, 0) is 58.0 Å². The van der Waals surface area contributed by atoms with Gasteiger partial charge >= 0.3 is 0 Å². The summed E-state index contributed by atoms with van der Waals surface area (Å²) in [5.41, 5.74) is 7.79. The van der Waals surface area contributed by atoms with E-state index in [-0.39, 0.29) is 11.6 Å². The Kier molecular flexibility index (Phi) is 6.38. The van der Waals surface area contributed by atoms with Crippen molar-refractivity contribution in [1.82, 2.24) is 4.57 Å². The smallest absolute Gasteiger partial charge is 0.271 e. The normalized spacial score (nSPS) is 15.9. The fraction of sp³-hybridized carbons (Fsp3) is 0.105. The molecular formula is C38H28N2O2S. The second-order valence-electron chi connectivity index (χ2n) is 11.0. The minimum Gasteiger partial charge on any atom is -0.488 e. The number of thiazole rings is 1. The molecule has 1 aliphatic heterocycles. The highest BCUT2D eigenvalue weighted by Gasteiger charge is 2.32. The van der Waals surface area contributed by atoms with E-state index in [0.29, 0.717) is 11.1 Å². The molecule has 5 aromatic carbocycles. The summed E-state index contributed by atoms with van der Waals surface area (Å²) >= 11 is 1.46. The molecule has 1 aromatic heterocycles. The number of nitrogens with zero attached hydrogens (tertiary/aromatic N) is 2. The van der Waals surface area contributed by atoms with Crippen LogP contribution in [0.5, 0.6) is 5.75 Å². The van der Waals surface area contributed by atoms with E-state index in [4.69, 9.17) is 9.73 Å². The van der Waals surface area contributed by atoms with Gasteiger partial charge in [0, 0.05) is 11.1 Å². The van der Waals surface area contributed by atoms with Crippen molar-refractivity contribution in [3.8, 4) is 5.75 Å². The van der Waals surface area contributed by atoms with E-state index in [1.165, 1.54) is 28.0 Å². The third kappa shape index (κ3) is 4.53. The van der Waals surface area contributed by atoms with Crippen LogP contribution in [0.15, 0.2) is 137 Å². The molecule has 1 aliphatic carbocycles. The summed E-state index contributed by atoms with van der Waals surface area (Å²) in [5, 5.41) is 2.15. The molecule has 208 valence electrons. The zero-order valence-electron chi connectivity index (χ0n) is 23.4. The van der Waals surface area contributed by atoms with Gasteiger partial charge in [0.1, 0.15) is 12.4 Å². The van der Waals surface area contributed by atoms with Crippen molar-refractivity contribution >= 4 is 33.9 Å². The van der Waals surface area contributed by atoms with Gasteiger partial charge in [-0.15, -0.1) is 0 Å². The zero-order chi connectivity index (χ0) is 28.8. The average molecular weight is 577 g/mol. The van der Waals surface area contributed by atoms with Gasteiger partial charge in [0.25, 0.3) is 5.56 Å². The number of rotatable bonds is 5. The maximum absolute atomic E-state index is 14.4. The van der Waals surface area contributed by atoms with Gasteiger partial charge in [0.15, 0.2) is 4.80 Å². The minimum atomic E-state index is -0.190. The van der Waals surface area contributed by atoms with E-state index in [9.17, 15) is 4.79 Å². The van der Waals surface area contributed by atoms with Crippen molar-refractivity contribution in [2.75, 3.05) is 0 Å². The molecule has 0 fully saturated rings. The molecular weight excluding hydrogens is 548 g/mol. The number of ether oxygens (including phenoxy) is 1. The van der Waals surface area contributed by atoms with Gasteiger partial charge in [-0.3, -0.25) is 9.36 Å². The molecule has 2 heterocycles. The topological polar surface area (TPSA) is 43.6 Å². The predicted octanol–water partition coefficient (Wildman–Crippen LogP) is 7.05. The van der Waals surface area contributed by atoms with Crippen molar-refractivity contribution < 1.29 is 4.74 Å². The third-order valence-corrected chi connectivity index (χ3v) is 9.41. The Hall–Kier alpha value is -5.00. The number of allylic oxidation sites excluding steroid dienone is 1. The predicted molar refractivity (Wildman–Crippen MR) is 174 cm³/mol. The van der Waals surface area contributed by atoms with Crippen LogP contribution in [0.4, 0.5) is 0 Å². The summed E-state index contributed by atoms with van der Waals surface area (Å²) in [5.74, 6) is 0.751. The number of hydrogen-bond acceptors (Lipinski definition) is 4. The van der Waals surface area contributed by atoms with Crippen molar-refractivity contribution in [2.24, 2.45) is 4.99 Å². The van der Waals surface area contributed by atoms with Crippen molar-refractivity contribution in [2.45, 2.75) is 25.5 Å². The Labute approximate surface area is 253 Å². The summed E-state index contributed by atoms with van der Waals surface area (Å²) in [7, 11) is 0. The highest BCUT2D eigenvalue weighted by molar-refractivity contribution is 7.07. The van der Waals surface area contributed by atoms with E-state index in [0.717, 1.165) is 56.6 Å². The van der Waals surface area contributed by atoms with Gasteiger partial charge in [-0.2, -0.15) is 0 Å². The minimum absolute atomic E-state index is 0.0232. The Morgan fingerprint density at radius 2 is 1.56 bits per heavy atom. The van der Waals surface area contributed by atoms with Crippen LogP contribution in [0.25, 0.3) is 22.5 Å². The molecule has 1 atom stereocenters. The standard InChI is InChI=1S/C38H28N2O2S/c41-37-34(23-32-29-17-9-7-13-26(29)20-22-33(32)42-24-25-11-3-1-4-12-25)43-38-39-35-30-18-10-8-14-27(30)19-21-31(35)36(40(37)38)28-15-5-2-6-16-28/h1-18,20,22-23,36H,19,21,24H2/b34-23-/t36-/m1/s1. The van der Waals surface area contributed by atoms with Crippen LogP contribution in [0, 0.1) is 0 Å². The molecule has 8 rings (SSSR count). The number of benzene rings is 5. The Morgan fingerprint density at radius 3 is 2.42 bits per heavy atom. The van der Waals surface area contributed by atoms with Gasteiger partial charge in [0.2, 0.25) is 0 Å². The summed E-state index contributed by atoms with van der Waals surface area (Å²) < 4.78 is 8.94. The van der Waals surface area contributed by atoms with E-state index < -0.39 is 0 Å². The molecule has 43 heavy (non-hydrogen) atoms. The van der Waals surface area contributed by atoms with Crippen LogP contribution in [0.3, 0.4) is 0 Å². The maximum Gasteiger partial charge on any atom is 0.271 e. The summed E-state index contributed by atoms with van der Waals surface area (Å²) in [6.45, 7) is 0.446. The van der Waals surface area contributed by atoms with Crippen LogP contribution in [-0.2, 0) is 13.0 Å². The van der Waals surface area contributed by atoms with E-state index in [2.05, 4.69) is 78.9 Å². The van der Waals surface area contributed by atoms with Crippen molar-refractivity contribution in [3.05, 3.63) is 174 Å². The van der Waals surface area contributed by atoms with E-state index in [1.54, 1.807) is 0 Å². The first-order chi connectivity index (χ1) is 21.2. The molecule has 0 unspecified atom stereocenters. The van der Waals surface area contributed by atoms with Crippen LogP contribution in [-0.4, -0.2) is 4.57 Å². The summed E-state index contributed by atoms with van der Waals surface area (Å²) in [4.78, 5) is 20.3. The quantitative estimate of drug-likeness (QED) is 0.221. The first kappa shape index (κ1) is 25.7. The first-order valence-electron chi connectivity index (χ1n) is 14.6. The van der Waals surface area contributed by atoms with Gasteiger partial charge in [-0.25, -0.2) is 4.99 Å². The lowest BCUT2D eigenvalue weighted by molar-refractivity contribution is 0.306. The highest BCUT2D eigenvalue weighted by atomic mass is 32.1. The monoisotopic (exact) mass is 576 g/mol. The average Bonchev–Trinajstić information content (AvgIpc) is 3.38. The number of aromatic nitrogens is 1. The molecule has 4 nitrogen and oxygen atoms in total.